The molecule has 0 unspecified atom stereocenters. The lowest BCUT2D eigenvalue weighted by molar-refractivity contribution is -0.141. The molecule has 3 nitrogen and oxygen atoms in total. The number of hydrogen-bond donors (Lipinski definition) is 0. The number of rotatable bonds is 2. The Kier molecular flexibility index (Phi) is 2.90. The standard InChI is InChI=1S/C11H6F4N2O/c12-8-1-2-9(7(5-8)6-18)17-4-3-10(16-17)11(13,14)15/h1-6H. The predicted octanol–water partition coefficient (Wildman–Crippen LogP) is 2.84. The van der Waals surface area contributed by atoms with E-state index in [1.807, 2.05) is 0 Å². The van der Waals surface area contributed by atoms with Crippen molar-refractivity contribution >= 4 is 6.29 Å². The van der Waals surface area contributed by atoms with Gasteiger partial charge in [0.25, 0.3) is 0 Å². The molecule has 1 heterocycles. The molecule has 0 aliphatic carbocycles. The summed E-state index contributed by atoms with van der Waals surface area (Å²) in [5.41, 5.74) is -1.07. The van der Waals surface area contributed by atoms with Crippen molar-refractivity contribution in [3.63, 3.8) is 0 Å². The number of benzene rings is 1. The number of aromatic nitrogens is 2. The Balaban J connectivity index is 2.49. The Morgan fingerprint density at radius 2 is 1.94 bits per heavy atom. The van der Waals surface area contributed by atoms with Crippen LogP contribution in [0, 0.1) is 5.82 Å². The third-order valence-electron chi connectivity index (χ3n) is 2.24. The second-order valence-corrected chi connectivity index (χ2v) is 3.46. The van der Waals surface area contributed by atoms with Crippen LogP contribution in [0.3, 0.4) is 0 Å². The average molecular weight is 258 g/mol. The summed E-state index contributed by atoms with van der Waals surface area (Å²) < 4.78 is 50.8. The number of carbonyl (C=O) groups is 1. The van der Waals surface area contributed by atoms with E-state index < -0.39 is 17.7 Å². The first-order valence-corrected chi connectivity index (χ1v) is 4.80. The smallest absolute Gasteiger partial charge is 0.298 e. The molecule has 94 valence electrons. The zero-order valence-electron chi connectivity index (χ0n) is 8.78. The normalized spacial score (nSPS) is 11.6. The maximum absolute atomic E-state index is 12.9. The Bertz CT molecular complexity index is 589. The van der Waals surface area contributed by atoms with Gasteiger partial charge < -0.3 is 0 Å². The van der Waals surface area contributed by atoms with Crippen LogP contribution in [0.5, 0.6) is 0 Å². The molecule has 1 aromatic carbocycles. The largest absolute Gasteiger partial charge is 0.435 e. The van der Waals surface area contributed by atoms with Gasteiger partial charge in [-0.2, -0.15) is 18.3 Å². The highest BCUT2D eigenvalue weighted by Crippen LogP contribution is 2.28. The van der Waals surface area contributed by atoms with Gasteiger partial charge in [0.1, 0.15) is 5.82 Å². The van der Waals surface area contributed by atoms with Crippen molar-refractivity contribution in [2.75, 3.05) is 0 Å². The fourth-order valence-corrected chi connectivity index (χ4v) is 1.44. The molecule has 2 rings (SSSR count). The highest BCUT2D eigenvalue weighted by molar-refractivity contribution is 5.80. The van der Waals surface area contributed by atoms with Gasteiger partial charge in [0, 0.05) is 11.8 Å². The second-order valence-electron chi connectivity index (χ2n) is 3.46. The molecular weight excluding hydrogens is 252 g/mol. The van der Waals surface area contributed by atoms with E-state index in [-0.39, 0.29) is 11.3 Å². The van der Waals surface area contributed by atoms with Crippen molar-refractivity contribution in [3.05, 3.63) is 47.5 Å². The van der Waals surface area contributed by atoms with Gasteiger partial charge in [-0.25, -0.2) is 9.07 Å². The van der Waals surface area contributed by atoms with Crippen LogP contribution >= 0.6 is 0 Å². The lowest BCUT2D eigenvalue weighted by Crippen LogP contribution is -2.08. The number of carbonyl (C=O) groups excluding carboxylic acids is 1. The summed E-state index contributed by atoms with van der Waals surface area (Å²) in [5, 5.41) is 3.30. The molecule has 0 saturated carbocycles. The third kappa shape index (κ3) is 2.24. The van der Waals surface area contributed by atoms with Crippen LogP contribution in [0.15, 0.2) is 30.5 Å². The summed E-state index contributed by atoms with van der Waals surface area (Å²) in [6.07, 6.45) is -3.15. The van der Waals surface area contributed by atoms with Gasteiger partial charge in [-0.15, -0.1) is 0 Å². The molecule has 0 fully saturated rings. The van der Waals surface area contributed by atoms with Crippen LogP contribution in [0.4, 0.5) is 17.6 Å². The molecule has 0 saturated heterocycles. The number of halogens is 4. The SMILES string of the molecule is O=Cc1cc(F)ccc1-n1ccc(C(F)(F)F)n1. The molecular formula is C11H6F4N2O. The minimum atomic E-state index is -4.56. The first-order valence-electron chi connectivity index (χ1n) is 4.80. The van der Waals surface area contributed by atoms with Gasteiger partial charge in [-0.3, -0.25) is 4.79 Å². The Labute approximate surface area is 98.6 Å². The highest BCUT2D eigenvalue weighted by atomic mass is 19.4. The second kappa shape index (κ2) is 4.25. The number of nitrogens with zero attached hydrogens (tertiary/aromatic N) is 2. The van der Waals surface area contributed by atoms with E-state index in [1.165, 1.54) is 6.07 Å². The van der Waals surface area contributed by atoms with E-state index in [1.54, 1.807) is 0 Å². The van der Waals surface area contributed by atoms with E-state index >= 15 is 0 Å². The first-order chi connectivity index (χ1) is 8.41. The summed E-state index contributed by atoms with van der Waals surface area (Å²) in [6, 6.07) is 3.93. The lowest BCUT2D eigenvalue weighted by Gasteiger charge is -2.05. The highest BCUT2D eigenvalue weighted by Gasteiger charge is 2.33. The molecule has 0 aliphatic heterocycles. The van der Waals surface area contributed by atoms with Crippen LogP contribution in [-0.4, -0.2) is 16.1 Å². The van der Waals surface area contributed by atoms with Crippen LogP contribution < -0.4 is 0 Å². The van der Waals surface area contributed by atoms with Crippen molar-refractivity contribution in [1.82, 2.24) is 9.78 Å². The van der Waals surface area contributed by atoms with Gasteiger partial charge in [0.2, 0.25) is 0 Å². The zero-order valence-corrected chi connectivity index (χ0v) is 8.78. The van der Waals surface area contributed by atoms with Crippen LogP contribution in [0.1, 0.15) is 16.1 Å². The molecule has 0 radical (unpaired) electrons. The monoisotopic (exact) mass is 258 g/mol. The van der Waals surface area contributed by atoms with Crippen molar-refractivity contribution in [3.8, 4) is 5.69 Å². The van der Waals surface area contributed by atoms with Gasteiger partial charge in [-0.05, 0) is 24.3 Å². The molecule has 0 bridgehead atoms. The van der Waals surface area contributed by atoms with Crippen LogP contribution in [0.25, 0.3) is 5.69 Å². The van der Waals surface area contributed by atoms with E-state index in [9.17, 15) is 22.4 Å². The number of alkyl halides is 3. The average Bonchev–Trinajstić information content (AvgIpc) is 2.77. The van der Waals surface area contributed by atoms with Crippen molar-refractivity contribution in [2.45, 2.75) is 6.18 Å². The van der Waals surface area contributed by atoms with Crippen molar-refractivity contribution < 1.29 is 22.4 Å². The topological polar surface area (TPSA) is 34.9 Å². The molecule has 0 aliphatic rings. The Hall–Kier alpha value is -2.18. The summed E-state index contributed by atoms with van der Waals surface area (Å²) in [6.45, 7) is 0. The summed E-state index contributed by atoms with van der Waals surface area (Å²) in [7, 11) is 0. The maximum Gasteiger partial charge on any atom is 0.435 e. The van der Waals surface area contributed by atoms with Gasteiger partial charge in [-0.1, -0.05) is 0 Å². The fraction of sp³-hybridized carbons (Fsp3) is 0.0909. The van der Waals surface area contributed by atoms with Crippen LogP contribution in [-0.2, 0) is 6.18 Å². The molecule has 0 N–H and O–H groups in total. The molecule has 0 amide bonds. The van der Waals surface area contributed by atoms with Gasteiger partial charge >= 0.3 is 6.18 Å². The molecule has 1 aromatic heterocycles. The minimum Gasteiger partial charge on any atom is -0.298 e. The molecule has 2 aromatic rings. The maximum atomic E-state index is 12.9. The summed E-state index contributed by atoms with van der Waals surface area (Å²) in [4.78, 5) is 10.7. The first kappa shape index (κ1) is 12.3. The zero-order chi connectivity index (χ0) is 13.3. The Morgan fingerprint density at radius 3 is 2.50 bits per heavy atom. The molecule has 18 heavy (non-hydrogen) atoms. The van der Waals surface area contributed by atoms with Gasteiger partial charge in [0.05, 0.1) is 5.69 Å². The summed E-state index contributed by atoms with van der Waals surface area (Å²) >= 11 is 0. The molecule has 0 spiro atoms. The van der Waals surface area contributed by atoms with Crippen molar-refractivity contribution in [1.29, 1.82) is 0 Å². The van der Waals surface area contributed by atoms with Crippen molar-refractivity contribution in [2.24, 2.45) is 0 Å². The van der Waals surface area contributed by atoms with E-state index in [0.29, 0.717) is 6.29 Å². The molecule has 0 atom stereocenters. The van der Waals surface area contributed by atoms with E-state index in [0.717, 1.165) is 29.1 Å². The van der Waals surface area contributed by atoms with E-state index in [2.05, 4.69) is 5.10 Å². The van der Waals surface area contributed by atoms with Gasteiger partial charge in [0.15, 0.2) is 12.0 Å². The third-order valence-corrected chi connectivity index (χ3v) is 2.24. The number of hydrogen-bond acceptors (Lipinski definition) is 2. The Morgan fingerprint density at radius 1 is 1.22 bits per heavy atom. The van der Waals surface area contributed by atoms with Crippen LogP contribution in [0.2, 0.25) is 0 Å². The fourth-order valence-electron chi connectivity index (χ4n) is 1.44. The number of aldehydes is 1. The minimum absolute atomic E-state index is 0.0770. The molecule has 7 heteroatoms. The lowest BCUT2D eigenvalue weighted by atomic mass is 10.2. The quantitative estimate of drug-likeness (QED) is 0.613. The summed E-state index contributed by atoms with van der Waals surface area (Å²) in [5.74, 6) is -0.649. The van der Waals surface area contributed by atoms with E-state index in [4.69, 9.17) is 0 Å². The predicted molar refractivity (Wildman–Crippen MR) is 53.9 cm³/mol.